The van der Waals surface area contributed by atoms with Crippen molar-refractivity contribution in [3.05, 3.63) is 60.7 Å². The minimum atomic E-state index is -0.437. The van der Waals surface area contributed by atoms with E-state index in [0.717, 1.165) is 0 Å². The van der Waals surface area contributed by atoms with Crippen LogP contribution in [0.2, 0.25) is 0 Å². The van der Waals surface area contributed by atoms with Gasteiger partial charge in [-0.25, -0.2) is 9.79 Å². The van der Waals surface area contributed by atoms with Gasteiger partial charge >= 0.3 is 5.97 Å². The van der Waals surface area contributed by atoms with Gasteiger partial charge in [0, 0.05) is 0 Å². The van der Waals surface area contributed by atoms with E-state index in [1.165, 1.54) is 12.4 Å². The number of rotatable bonds is 5. The van der Waals surface area contributed by atoms with E-state index in [2.05, 4.69) is 11.6 Å². The Hall–Kier alpha value is -2.62. The zero-order chi connectivity index (χ0) is 14.1. The Bertz CT molecular complexity index is 526. The van der Waals surface area contributed by atoms with Gasteiger partial charge in [0.1, 0.15) is 5.75 Å². The highest BCUT2D eigenvalue weighted by atomic mass is 16.5. The van der Waals surface area contributed by atoms with Crippen molar-refractivity contribution >= 4 is 18.0 Å². The molecule has 0 heterocycles. The van der Waals surface area contributed by atoms with Crippen LogP contribution in [-0.2, 0) is 4.79 Å². The summed E-state index contributed by atoms with van der Waals surface area (Å²) in [4.78, 5) is 15.8. The average molecular weight is 256 g/mol. The van der Waals surface area contributed by atoms with Crippen molar-refractivity contribution in [2.24, 2.45) is 10.7 Å². The molecule has 0 radical (unpaired) electrons. The fourth-order valence-corrected chi connectivity index (χ4v) is 1.35. The van der Waals surface area contributed by atoms with Crippen molar-refractivity contribution < 1.29 is 9.53 Å². The van der Waals surface area contributed by atoms with Crippen LogP contribution in [0, 0.1) is 0 Å². The van der Waals surface area contributed by atoms with Crippen LogP contribution in [0.15, 0.2) is 65.7 Å². The van der Waals surface area contributed by atoms with E-state index in [4.69, 9.17) is 10.5 Å². The van der Waals surface area contributed by atoms with E-state index < -0.39 is 5.97 Å². The molecule has 0 aliphatic heterocycles. The zero-order valence-electron chi connectivity index (χ0n) is 10.7. The molecule has 4 heteroatoms. The second kappa shape index (κ2) is 7.66. The number of nitrogens with two attached hydrogens (primary N) is 1. The number of ether oxygens (including phenoxy) is 1. The van der Waals surface area contributed by atoms with Gasteiger partial charge in [-0.15, -0.1) is 0 Å². The fraction of sp³-hybridized carbons (Fsp3) is 0.0667. The molecule has 0 unspecified atom stereocenters. The quantitative estimate of drug-likeness (QED) is 0.220. The predicted molar refractivity (Wildman–Crippen MR) is 77.5 cm³/mol. The van der Waals surface area contributed by atoms with E-state index >= 15 is 0 Å². The van der Waals surface area contributed by atoms with Crippen molar-refractivity contribution in [1.29, 1.82) is 0 Å². The van der Waals surface area contributed by atoms with Crippen LogP contribution in [0.5, 0.6) is 5.75 Å². The molecule has 0 aromatic heterocycles. The Balaban J connectivity index is 2.81. The summed E-state index contributed by atoms with van der Waals surface area (Å²) in [5.74, 6) is 0.00788. The summed E-state index contributed by atoms with van der Waals surface area (Å²) in [7, 11) is 0. The number of carbonyl (C=O) groups excluding carboxylic acids is 1. The molecule has 0 aliphatic carbocycles. The molecule has 0 fully saturated rings. The third-order valence-electron chi connectivity index (χ3n) is 2.15. The molecule has 0 aliphatic rings. The SMILES string of the molecule is C=C/C=C(\C=C/C)C(=O)Oc1ccc(N=CN)cc1. The Labute approximate surface area is 112 Å². The maximum atomic E-state index is 11.9. The zero-order valence-corrected chi connectivity index (χ0v) is 10.7. The molecule has 0 spiro atoms. The van der Waals surface area contributed by atoms with E-state index in [1.54, 1.807) is 42.5 Å². The molecule has 0 amide bonds. The molecule has 1 aromatic carbocycles. The van der Waals surface area contributed by atoms with Gasteiger partial charge in [-0.1, -0.05) is 24.8 Å². The number of nitrogens with zero attached hydrogens (tertiary/aromatic N) is 1. The number of hydrogen-bond donors (Lipinski definition) is 1. The molecule has 1 aromatic rings. The highest BCUT2D eigenvalue weighted by Crippen LogP contribution is 2.18. The molecule has 4 nitrogen and oxygen atoms in total. The van der Waals surface area contributed by atoms with Gasteiger partial charge in [-0.3, -0.25) is 0 Å². The lowest BCUT2D eigenvalue weighted by molar-refractivity contribution is -0.129. The summed E-state index contributed by atoms with van der Waals surface area (Å²) in [5.41, 5.74) is 6.31. The van der Waals surface area contributed by atoms with E-state index in [-0.39, 0.29) is 0 Å². The number of aliphatic imine (C=N–C) groups is 1. The monoisotopic (exact) mass is 256 g/mol. The molecule has 98 valence electrons. The van der Waals surface area contributed by atoms with E-state index in [9.17, 15) is 4.79 Å². The summed E-state index contributed by atoms with van der Waals surface area (Å²) in [6.45, 7) is 5.38. The van der Waals surface area contributed by atoms with Gasteiger partial charge in [0.2, 0.25) is 0 Å². The third-order valence-corrected chi connectivity index (χ3v) is 2.15. The first-order valence-corrected chi connectivity index (χ1v) is 5.73. The maximum absolute atomic E-state index is 11.9. The van der Waals surface area contributed by atoms with Crippen molar-refractivity contribution in [2.75, 3.05) is 0 Å². The van der Waals surface area contributed by atoms with Crippen LogP contribution >= 0.6 is 0 Å². The van der Waals surface area contributed by atoms with Gasteiger partial charge in [-0.05, 0) is 37.3 Å². The highest BCUT2D eigenvalue weighted by Gasteiger charge is 2.08. The first kappa shape index (κ1) is 14.4. The Kier molecular flexibility index (Phi) is 5.82. The van der Waals surface area contributed by atoms with Crippen molar-refractivity contribution in [3.8, 4) is 5.75 Å². The fourth-order valence-electron chi connectivity index (χ4n) is 1.35. The van der Waals surface area contributed by atoms with Gasteiger partial charge in [0.05, 0.1) is 17.6 Å². The Morgan fingerprint density at radius 3 is 2.58 bits per heavy atom. The predicted octanol–water partition coefficient (Wildman–Crippen LogP) is 2.90. The molecule has 0 atom stereocenters. The Morgan fingerprint density at radius 2 is 2.05 bits per heavy atom. The lowest BCUT2D eigenvalue weighted by atomic mass is 10.2. The number of allylic oxidation sites excluding steroid dienone is 3. The van der Waals surface area contributed by atoms with Crippen LogP contribution in [0.25, 0.3) is 0 Å². The number of benzene rings is 1. The van der Waals surface area contributed by atoms with Crippen LogP contribution in [0.1, 0.15) is 6.92 Å². The van der Waals surface area contributed by atoms with Crippen molar-refractivity contribution in [1.82, 2.24) is 0 Å². The molecule has 1 rings (SSSR count). The Morgan fingerprint density at radius 1 is 1.37 bits per heavy atom. The average Bonchev–Trinajstić information content (AvgIpc) is 2.41. The van der Waals surface area contributed by atoms with Gasteiger partial charge in [0.25, 0.3) is 0 Å². The van der Waals surface area contributed by atoms with Gasteiger partial charge in [-0.2, -0.15) is 0 Å². The number of hydrogen-bond acceptors (Lipinski definition) is 3. The lowest BCUT2D eigenvalue weighted by Crippen LogP contribution is -2.09. The second-order valence-corrected chi connectivity index (χ2v) is 3.52. The van der Waals surface area contributed by atoms with Crippen LogP contribution in [0.3, 0.4) is 0 Å². The summed E-state index contributed by atoms with van der Waals surface area (Å²) in [6.07, 6.45) is 7.76. The normalized spacial score (nSPS) is 11.9. The van der Waals surface area contributed by atoms with E-state index in [0.29, 0.717) is 17.0 Å². The van der Waals surface area contributed by atoms with E-state index in [1.807, 2.05) is 6.92 Å². The topological polar surface area (TPSA) is 64.7 Å². The lowest BCUT2D eigenvalue weighted by Gasteiger charge is -2.04. The minimum Gasteiger partial charge on any atom is -0.423 e. The summed E-state index contributed by atoms with van der Waals surface area (Å²) in [5, 5.41) is 0. The van der Waals surface area contributed by atoms with Crippen LogP contribution in [-0.4, -0.2) is 12.3 Å². The molecule has 2 N–H and O–H groups in total. The molecule has 0 saturated heterocycles. The van der Waals surface area contributed by atoms with Crippen molar-refractivity contribution in [3.63, 3.8) is 0 Å². The third kappa shape index (κ3) is 4.63. The number of esters is 1. The number of carbonyl (C=O) groups is 1. The maximum Gasteiger partial charge on any atom is 0.343 e. The first-order chi connectivity index (χ1) is 9.21. The first-order valence-electron chi connectivity index (χ1n) is 5.73. The molecular formula is C15H16N2O2. The summed E-state index contributed by atoms with van der Waals surface area (Å²) >= 11 is 0. The van der Waals surface area contributed by atoms with Crippen molar-refractivity contribution in [2.45, 2.75) is 6.92 Å². The van der Waals surface area contributed by atoms with Gasteiger partial charge in [0.15, 0.2) is 0 Å². The standard InChI is InChI=1S/C15H16N2O2/c1-3-5-12(6-4-2)15(18)19-14-9-7-13(8-10-14)17-11-16/h3-11H,1H2,2H3,(H2,16,17)/b6-4-,12-5+. The molecule has 19 heavy (non-hydrogen) atoms. The largest absolute Gasteiger partial charge is 0.423 e. The smallest absolute Gasteiger partial charge is 0.343 e. The molecule has 0 bridgehead atoms. The second-order valence-electron chi connectivity index (χ2n) is 3.52. The van der Waals surface area contributed by atoms with Crippen LogP contribution in [0.4, 0.5) is 5.69 Å². The summed E-state index contributed by atoms with van der Waals surface area (Å²) < 4.78 is 5.23. The summed E-state index contributed by atoms with van der Waals surface area (Å²) in [6, 6.07) is 6.72. The molecular weight excluding hydrogens is 240 g/mol. The van der Waals surface area contributed by atoms with Gasteiger partial charge < -0.3 is 10.5 Å². The van der Waals surface area contributed by atoms with Crippen LogP contribution < -0.4 is 10.5 Å². The highest BCUT2D eigenvalue weighted by molar-refractivity contribution is 5.93. The minimum absolute atomic E-state index is 0.432. The molecule has 0 saturated carbocycles.